The number of hydrogen-bond acceptors (Lipinski definition) is 1. The lowest BCUT2D eigenvalue weighted by Gasteiger charge is -2.09. The summed E-state index contributed by atoms with van der Waals surface area (Å²) < 4.78 is 36.4. The molecule has 0 bridgehead atoms. The largest absolute Gasteiger partial charge is 0.507 e. The van der Waals surface area contributed by atoms with Crippen molar-refractivity contribution in [3.05, 3.63) is 27.3 Å². The Bertz CT molecular complexity index is 275. The molecule has 0 saturated heterocycles. The Balaban J connectivity index is 3.31. The minimum atomic E-state index is -4.48. The monoisotopic (exact) mass is 288 g/mol. The molecule has 0 unspecified atom stereocenters. The van der Waals surface area contributed by atoms with Crippen molar-refractivity contribution >= 4 is 22.6 Å². The maximum atomic E-state index is 12.1. The number of benzene rings is 1. The minimum absolute atomic E-state index is 0.0000926. The summed E-state index contributed by atoms with van der Waals surface area (Å²) in [5.74, 6) is -0.727. The van der Waals surface area contributed by atoms with Gasteiger partial charge in [0.25, 0.3) is 0 Å². The second-order valence-electron chi connectivity index (χ2n) is 2.13. The summed E-state index contributed by atoms with van der Waals surface area (Å²) in [6.07, 6.45) is -4.48. The van der Waals surface area contributed by atoms with Gasteiger partial charge in [-0.05, 0) is 34.7 Å². The first-order chi connectivity index (χ1) is 5.43. The number of rotatable bonds is 0. The normalized spacial score (nSPS) is 11.7. The second-order valence-corrected chi connectivity index (χ2v) is 3.29. The van der Waals surface area contributed by atoms with Crippen LogP contribution in [-0.2, 0) is 6.18 Å². The Labute approximate surface area is 80.3 Å². The maximum Gasteiger partial charge on any atom is 0.420 e. The highest BCUT2D eigenvalue weighted by Crippen LogP contribution is 2.38. The summed E-state index contributed by atoms with van der Waals surface area (Å²) in [7, 11) is 0. The lowest BCUT2D eigenvalue weighted by Crippen LogP contribution is -2.07. The topological polar surface area (TPSA) is 20.2 Å². The summed E-state index contributed by atoms with van der Waals surface area (Å²) >= 11 is 1.53. The maximum absolute atomic E-state index is 12.1. The molecule has 0 spiro atoms. The van der Waals surface area contributed by atoms with Crippen LogP contribution in [0.25, 0.3) is 0 Å². The highest BCUT2D eigenvalue weighted by atomic mass is 127. The van der Waals surface area contributed by atoms with E-state index < -0.39 is 17.5 Å². The van der Waals surface area contributed by atoms with Crippen LogP contribution in [0.3, 0.4) is 0 Å². The van der Waals surface area contributed by atoms with Gasteiger partial charge in [-0.2, -0.15) is 13.2 Å². The van der Waals surface area contributed by atoms with Crippen LogP contribution in [0.1, 0.15) is 5.56 Å². The summed E-state index contributed by atoms with van der Waals surface area (Å²) in [6, 6.07) is 3.68. The number of halogens is 4. The molecule has 66 valence electrons. The molecule has 5 heteroatoms. The van der Waals surface area contributed by atoms with Gasteiger partial charge in [0.15, 0.2) is 0 Å². The van der Waals surface area contributed by atoms with Crippen molar-refractivity contribution in [1.82, 2.24) is 0 Å². The third kappa shape index (κ3) is 1.82. The number of alkyl halides is 3. The van der Waals surface area contributed by atoms with Gasteiger partial charge in [-0.15, -0.1) is 0 Å². The molecule has 1 aromatic carbocycles. The molecule has 0 saturated carbocycles. The van der Waals surface area contributed by atoms with Crippen molar-refractivity contribution in [3.63, 3.8) is 0 Å². The summed E-state index contributed by atoms with van der Waals surface area (Å²) in [4.78, 5) is 0. The average molecular weight is 288 g/mol. The predicted octanol–water partition coefficient (Wildman–Crippen LogP) is 3.02. The van der Waals surface area contributed by atoms with Crippen molar-refractivity contribution in [2.45, 2.75) is 6.18 Å². The van der Waals surface area contributed by atoms with Crippen LogP contribution in [0.2, 0.25) is 0 Å². The van der Waals surface area contributed by atoms with Crippen LogP contribution in [0.15, 0.2) is 18.2 Å². The van der Waals surface area contributed by atoms with E-state index in [2.05, 4.69) is 0 Å². The fourth-order valence-corrected chi connectivity index (χ4v) is 1.58. The van der Waals surface area contributed by atoms with E-state index >= 15 is 0 Å². The molecule has 0 aliphatic rings. The zero-order valence-corrected chi connectivity index (χ0v) is 7.85. The van der Waals surface area contributed by atoms with Gasteiger partial charge in [0.2, 0.25) is 0 Å². The van der Waals surface area contributed by atoms with Crippen molar-refractivity contribution in [3.8, 4) is 5.75 Å². The molecule has 0 aliphatic heterocycles. The molecular weight excluding hydrogens is 284 g/mol. The van der Waals surface area contributed by atoms with Gasteiger partial charge in [-0.1, -0.05) is 6.07 Å². The van der Waals surface area contributed by atoms with E-state index in [-0.39, 0.29) is 3.57 Å². The van der Waals surface area contributed by atoms with Crippen molar-refractivity contribution in [2.75, 3.05) is 0 Å². The molecule has 1 rings (SSSR count). The smallest absolute Gasteiger partial charge is 0.420 e. The molecule has 0 aromatic heterocycles. The van der Waals surface area contributed by atoms with Crippen LogP contribution in [-0.4, -0.2) is 5.11 Å². The van der Waals surface area contributed by atoms with E-state index in [1.807, 2.05) is 0 Å². The summed E-state index contributed by atoms with van der Waals surface area (Å²) in [6.45, 7) is 0. The van der Waals surface area contributed by atoms with Gasteiger partial charge in [-0.3, -0.25) is 0 Å². The van der Waals surface area contributed by atoms with Crippen molar-refractivity contribution in [2.24, 2.45) is 0 Å². The first-order valence-corrected chi connectivity index (χ1v) is 4.05. The molecule has 12 heavy (non-hydrogen) atoms. The Hall–Kier alpha value is -0.460. The first-order valence-electron chi connectivity index (χ1n) is 2.97. The fourth-order valence-electron chi connectivity index (χ4n) is 0.793. The lowest BCUT2D eigenvalue weighted by molar-refractivity contribution is -0.139. The van der Waals surface area contributed by atoms with E-state index in [1.165, 1.54) is 34.7 Å². The van der Waals surface area contributed by atoms with Crippen molar-refractivity contribution in [1.29, 1.82) is 0 Å². The third-order valence-corrected chi connectivity index (χ3v) is 2.17. The number of phenolic OH excluding ortho intramolecular Hbond substituents is 1. The zero-order valence-electron chi connectivity index (χ0n) is 5.69. The molecule has 0 fully saturated rings. The quantitative estimate of drug-likeness (QED) is 0.728. The Morgan fingerprint density at radius 1 is 1.25 bits per heavy atom. The molecule has 1 aromatic rings. The highest BCUT2D eigenvalue weighted by Gasteiger charge is 2.35. The Morgan fingerprint density at radius 2 is 1.83 bits per heavy atom. The molecule has 1 N–H and O–H groups in total. The fraction of sp³-hybridized carbons (Fsp3) is 0.143. The standard InChI is InChI=1S/C7H4F3IO/c8-7(9,10)6-4(11)2-1-3-5(6)12/h1-3,12H. The first kappa shape index (κ1) is 9.63. The molecule has 0 radical (unpaired) electrons. The van der Waals surface area contributed by atoms with Crippen LogP contribution < -0.4 is 0 Å². The van der Waals surface area contributed by atoms with Gasteiger partial charge in [0, 0.05) is 3.57 Å². The van der Waals surface area contributed by atoms with E-state index in [1.54, 1.807) is 0 Å². The van der Waals surface area contributed by atoms with Crippen LogP contribution >= 0.6 is 22.6 Å². The van der Waals surface area contributed by atoms with Gasteiger partial charge in [0.05, 0.1) is 0 Å². The lowest BCUT2D eigenvalue weighted by atomic mass is 10.2. The second kappa shape index (κ2) is 3.12. The number of hydrogen-bond donors (Lipinski definition) is 1. The minimum Gasteiger partial charge on any atom is -0.507 e. The van der Waals surface area contributed by atoms with Gasteiger partial charge in [0.1, 0.15) is 11.3 Å². The van der Waals surface area contributed by atoms with Gasteiger partial charge < -0.3 is 5.11 Å². The van der Waals surface area contributed by atoms with Gasteiger partial charge >= 0.3 is 6.18 Å². The molecule has 0 atom stereocenters. The SMILES string of the molecule is Oc1cccc(I)c1C(F)(F)F. The van der Waals surface area contributed by atoms with E-state index in [4.69, 9.17) is 5.11 Å². The molecular formula is C7H4F3IO. The predicted molar refractivity (Wildman–Crippen MR) is 45.8 cm³/mol. The van der Waals surface area contributed by atoms with E-state index in [0.717, 1.165) is 6.07 Å². The molecule has 0 amide bonds. The third-order valence-electron chi connectivity index (χ3n) is 1.28. The Morgan fingerprint density at radius 3 is 2.17 bits per heavy atom. The van der Waals surface area contributed by atoms with E-state index in [9.17, 15) is 13.2 Å². The number of aromatic hydroxyl groups is 1. The highest BCUT2D eigenvalue weighted by molar-refractivity contribution is 14.1. The molecule has 0 heterocycles. The summed E-state index contributed by atoms with van der Waals surface area (Å²) in [5.41, 5.74) is -0.967. The van der Waals surface area contributed by atoms with Gasteiger partial charge in [-0.25, -0.2) is 0 Å². The summed E-state index contributed by atoms with van der Waals surface area (Å²) in [5, 5.41) is 8.90. The van der Waals surface area contributed by atoms with E-state index in [0.29, 0.717) is 0 Å². The molecule has 1 nitrogen and oxygen atoms in total. The zero-order chi connectivity index (χ0) is 9.35. The van der Waals surface area contributed by atoms with Crippen molar-refractivity contribution < 1.29 is 18.3 Å². The number of phenols is 1. The molecule has 0 aliphatic carbocycles. The van der Waals surface area contributed by atoms with Crippen LogP contribution in [0, 0.1) is 3.57 Å². The Kier molecular flexibility index (Phi) is 2.50. The van der Waals surface area contributed by atoms with Crippen LogP contribution in [0.5, 0.6) is 5.75 Å². The average Bonchev–Trinajstić information content (AvgIpc) is 1.82. The van der Waals surface area contributed by atoms with Crippen LogP contribution in [0.4, 0.5) is 13.2 Å².